The van der Waals surface area contributed by atoms with Crippen molar-refractivity contribution in [1.82, 2.24) is 10.6 Å². The Balaban J connectivity index is 1.78. The van der Waals surface area contributed by atoms with E-state index >= 15 is 0 Å². The molecular formula is C21H25N3O5. The molecule has 0 radical (unpaired) electrons. The Morgan fingerprint density at radius 2 is 1.62 bits per heavy atom. The molecule has 2 rings (SSSR count). The van der Waals surface area contributed by atoms with E-state index in [1.165, 1.54) is 14.0 Å². The van der Waals surface area contributed by atoms with Gasteiger partial charge in [-0.15, -0.1) is 0 Å². The molecule has 3 N–H and O–H groups in total. The maximum absolute atomic E-state index is 12.2. The summed E-state index contributed by atoms with van der Waals surface area (Å²) < 4.78 is 10.4. The van der Waals surface area contributed by atoms with Crippen molar-refractivity contribution in [2.45, 2.75) is 13.3 Å². The molecule has 3 amide bonds. The zero-order valence-electron chi connectivity index (χ0n) is 16.7. The Labute approximate surface area is 169 Å². The van der Waals surface area contributed by atoms with Crippen LogP contribution >= 0.6 is 0 Å². The molecule has 0 bridgehead atoms. The molecule has 2 aromatic rings. The van der Waals surface area contributed by atoms with E-state index in [9.17, 15) is 14.4 Å². The van der Waals surface area contributed by atoms with Crippen molar-refractivity contribution in [2.24, 2.45) is 0 Å². The molecule has 8 nitrogen and oxygen atoms in total. The third-order valence-electron chi connectivity index (χ3n) is 3.99. The van der Waals surface area contributed by atoms with E-state index in [0.29, 0.717) is 29.3 Å². The van der Waals surface area contributed by atoms with Gasteiger partial charge in [-0.05, 0) is 35.9 Å². The Morgan fingerprint density at radius 1 is 0.897 bits per heavy atom. The highest BCUT2D eigenvalue weighted by atomic mass is 16.5. The minimum absolute atomic E-state index is 0.167. The lowest BCUT2D eigenvalue weighted by Gasteiger charge is -2.10. The first-order valence-corrected chi connectivity index (χ1v) is 9.06. The van der Waals surface area contributed by atoms with Gasteiger partial charge in [-0.3, -0.25) is 14.4 Å². The van der Waals surface area contributed by atoms with Crippen LogP contribution < -0.4 is 25.4 Å². The smallest absolute Gasteiger partial charge is 0.251 e. The normalized spacial score (nSPS) is 10.0. The van der Waals surface area contributed by atoms with Crippen molar-refractivity contribution >= 4 is 23.4 Å². The molecule has 0 saturated carbocycles. The molecule has 0 aliphatic carbocycles. The van der Waals surface area contributed by atoms with Gasteiger partial charge < -0.3 is 25.4 Å². The van der Waals surface area contributed by atoms with Gasteiger partial charge in [0.25, 0.3) is 5.91 Å². The Morgan fingerprint density at radius 3 is 2.31 bits per heavy atom. The number of amides is 3. The number of nitrogens with one attached hydrogen (secondary N) is 3. The van der Waals surface area contributed by atoms with Gasteiger partial charge in [0.2, 0.25) is 11.8 Å². The first-order valence-electron chi connectivity index (χ1n) is 9.06. The highest BCUT2D eigenvalue weighted by Gasteiger charge is 2.09. The van der Waals surface area contributed by atoms with E-state index in [1.807, 2.05) is 0 Å². The summed E-state index contributed by atoms with van der Waals surface area (Å²) in [7, 11) is 3.09. The quantitative estimate of drug-likeness (QED) is 0.557. The van der Waals surface area contributed by atoms with Crippen molar-refractivity contribution in [3.63, 3.8) is 0 Å². The van der Waals surface area contributed by atoms with Gasteiger partial charge in [-0.25, -0.2) is 0 Å². The Kier molecular flexibility index (Phi) is 8.02. The van der Waals surface area contributed by atoms with Crippen LogP contribution in [0.25, 0.3) is 0 Å². The highest BCUT2D eigenvalue weighted by molar-refractivity contribution is 5.96. The molecule has 0 saturated heterocycles. The second-order valence-electron chi connectivity index (χ2n) is 6.23. The SMILES string of the molecule is COc1ccc(CC(=O)NCCNC(=O)c2cccc(NC(C)=O)c2)cc1OC. The summed E-state index contributed by atoms with van der Waals surface area (Å²) in [4.78, 5) is 35.4. The standard InChI is InChI=1S/C21H25N3O5/c1-14(25)24-17-6-4-5-16(13-17)21(27)23-10-9-22-20(26)12-15-7-8-18(28-2)19(11-15)29-3/h4-8,11,13H,9-10,12H2,1-3H3,(H,22,26)(H,23,27)(H,24,25). The van der Waals surface area contributed by atoms with Gasteiger partial charge in [-0.1, -0.05) is 12.1 Å². The van der Waals surface area contributed by atoms with E-state index < -0.39 is 0 Å². The summed E-state index contributed by atoms with van der Waals surface area (Å²) in [6.45, 7) is 1.97. The number of ether oxygens (including phenoxy) is 2. The van der Waals surface area contributed by atoms with Crippen LogP contribution in [-0.4, -0.2) is 45.0 Å². The van der Waals surface area contributed by atoms with E-state index in [2.05, 4.69) is 16.0 Å². The topological polar surface area (TPSA) is 106 Å². The molecule has 0 atom stereocenters. The third kappa shape index (κ3) is 6.84. The minimum Gasteiger partial charge on any atom is -0.493 e. The van der Waals surface area contributed by atoms with Gasteiger partial charge in [0, 0.05) is 31.3 Å². The van der Waals surface area contributed by atoms with Crippen LogP contribution in [0.4, 0.5) is 5.69 Å². The van der Waals surface area contributed by atoms with Gasteiger partial charge in [-0.2, -0.15) is 0 Å². The van der Waals surface area contributed by atoms with E-state index in [0.717, 1.165) is 5.56 Å². The van der Waals surface area contributed by atoms with Crippen molar-refractivity contribution in [1.29, 1.82) is 0 Å². The zero-order chi connectivity index (χ0) is 21.2. The van der Waals surface area contributed by atoms with Crippen LogP contribution in [0.2, 0.25) is 0 Å². The van der Waals surface area contributed by atoms with Crippen LogP contribution in [0, 0.1) is 0 Å². The predicted molar refractivity (Wildman–Crippen MR) is 109 cm³/mol. The average molecular weight is 399 g/mol. The van der Waals surface area contributed by atoms with Crippen LogP contribution in [0.5, 0.6) is 11.5 Å². The molecule has 8 heteroatoms. The molecule has 0 spiro atoms. The molecule has 0 aliphatic rings. The van der Waals surface area contributed by atoms with Crippen molar-refractivity contribution < 1.29 is 23.9 Å². The van der Waals surface area contributed by atoms with E-state index in [-0.39, 0.29) is 30.7 Å². The molecule has 0 aromatic heterocycles. The maximum atomic E-state index is 12.2. The number of hydrogen-bond acceptors (Lipinski definition) is 5. The number of hydrogen-bond donors (Lipinski definition) is 3. The van der Waals surface area contributed by atoms with Gasteiger partial charge in [0.05, 0.1) is 20.6 Å². The highest BCUT2D eigenvalue weighted by Crippen LogP contribution is 2.27. The lowest BCUT2D eigenvalue weighted by atomic mass is 10.1. The first kappa shape index (κ1) is 21.7. The molecule has 0 aliphatic heterocycles. The molecule has 0 heterocycles. The molecular weight excluding hydrogens is 374 g/mol. The Hall–Kier alpha value is -3.55. The summed E-state index contributed by atoms with van der Waals surface area (Å²) in [5, 5.41) is 8.12. The minimum atomic E-state index is -0.286. The number of carbonyl (C=O) groups excluding carboxylic acids is 3. The summed E-state index contributed by atoms with van der Waals surface area (Å²) >= 11 is 0. The van der Waals surface area contributed by atoms with Crippen molar-refractivity contribution in [2.75, 3.05) is 32.6 Å². The van der Waals surface area contributed by atoms with Crippen LogP contribution in [0.3, 0.4) is 0 Å². The lowest BCUT2D eigenvalue weighted by Crippen LogP contribution is -2.35. The lowest BCUT2D eigenvalue weighted by molar-refractivity contribution is -0.120. The van der Waals surface area contributed by atoms with Crippen LogP contribution in [0.1, 0.15) is 22.8 Å². The van der Waals surface area contributed by atoms with Gasteiger partial charge >= 0.3 is 0 Å². The van der Waals surface area contributed by atoms with Crippen LogP contribution in [-0.2, 0) is 16.0 Å². The average Bonchev–Trinajstić information content (AvgIpc) is 2.70. The van der Waals surface area contributed by atoms with Gasteiger partial charge in [0.15, 0.2) is 11.5 Å². The van der Waals surface area contributed by atoms with E-state index in [1.54, 1.807) is 49.6 Å². The fraction of sp³-hybridized carbons (Fsp3) is 0.286. The number of methoxy groups -OCH3 is 2. The summed E-state index contributed by atoms with van der Waals surface area (Å²) in [5.74, 6) is 0.499. The third-order valence-corrected chi connectivity index (χ3v) is 3.99. The van der Waals surface area contributed by atoms with Gasteiger partial charge in [0.1, 0.15) is 0 Å². The predicted octanol–water partition coefficient (Wildman–Crippen LogP) is 1.75. The molecule has 2 aromatic carbocycles. The number of carbonyl (C=O) groups is 3. The monoisotopic (exact) mass is 399 g/mol. The number of rotatable bonds is 9. The number of benzene rings is 2. The zero-order valence-corrected chi connectivity index (χ0v) is 16.7. The molecule has 0 unspecified atom stereocenters. The first-order chi connectivity index (χ1) is 13.9. The van der Waals surface area contributed by atoms with E-state index in [4.69, 9.17) is 9.47 Å². The summed E-state index contributed by atoms with van der Waals surface area (Å²) in [5.41, 5.74) is 1.76. The molecule has 154 valence electrons. The summed E-state index contributed by atoms with van der Waals surface area (Å²) in [6, 6.07) is 11.9. The largest absolute Gasteiger partial charge is 0.493 e. The molecule has 0 fully saturated rings. The van der Waals surface area contributed by atoms with Crippen molar-refractivity contribution in [3.05, 3.63) is 53.6 Å². The number of anilines is 1. The summed E-state index contributed by atoms with van der Waals surface area (Å²) in [6.07, 6.45) is 0.188. The maximum Gasteiger partial charge on any atom is 0.251 e. The second-order valence-corrected chi connectivity index (χ2v) is 6.23. The second kappa shape index (κ2) is 10.7. The van der Waals surface area contributed by atoms with Crippen molar-refractivity contribution in [3.8, 4) is 11.5 Å². The Bertz CT molecular complexity index is 882. The fourth-order valence-corrected chi connectivity index (χ4v) is 2.66. The fourth-order valence-electron chi connectivity index (χ4n) is 2.66. The van der Waals surface area contributed by atoms with Crippen LogP contribution in [0.15, 0.2) is 42.5 Å². The molecule has 29 heavy (non-hydrogen) atoms.